The molecule has 1 aromatic carbocycles. The Morgan fingerprint density at radius 2 is 1.88 bits per heavy atom. The maximum atomic E-state index is 13.6. The molecule has 2 aliphatic heterocycles. The van der Waals surface area contributed by atoms with E-state index in [0.717, 1.165) is 59.6 Å². The van der Waals surface area contributed by atoms with Crippen LogP contribution in [0.2, 0.25) is 0 Å². The van der Waals surface area contributed by atoms with E-state index in [4.69, 9.17) is 10.7 Å². The van der Waals surface area contributed by atoms with E-state index in [-0.39, 0.29) is 17.9 Å². The topological polar surface area (TPSA) is 139 Å². The molecule has 2 atom stereocenters. The molecule has 3 amide bonds. The standard InChI is InChI=1S/C29H34N8O3S/c1-16-4-6-23(19-5-7-24-21(12-19)34-28(41-24)18-8-10-36(11-9-18)17(2)38)37(15-16)29(40)27(39)33-22-14-31-26(30)25-20(22)13-32-35(25)3/h5,7,12-14,16,18,23H,4,6,8-11,15H2,1-3H3,(H2,30,31)(H,33,39). The number of pyridine rings is 1. The van der Waals surface area contributed by atoms with Gasteiger partial charge < -0.3 is 20.9 Å². The monoisotopic (exact) mass is 574 g/mol. The molecule has 6 rings (SSSR count). The molecule has 0 bridgehead atoms. The summed E-state index contributed by atoms with van der Waals surface area (Å²) in [6, 6.07) is 5.99. The average molecular weight is 575 g/mol. The van der Waals surface area contributed by atoms with Gasteiger partial charge in [-0.15, -0.1) is 11.3 Å². The lowest BCUT2D eigenvalue weighted by molar-refractivity contribution is -0.146. The lowest BCUT2D eigenvalue weighted by Gasteiger charge is -2.38. The molecular weight excluding hydrogens is 540 g/mol. The minimum atomic E-state index is -0.713. The number of fused-ring (bicyclic) bond motifs is 2. The summed E-state index contributed by atoms with van der Waals surface area (Å²) in [7, 11) is 1.75. The minimum Gasteiger partial charge on any atom is -0.382 e. The highest BCUT2D eigenvalue weighted by atomic mass is 32.1. The van der Waals surface area contributed by atoms with Crippen LogP contribution >= 0.6 is 11.3 Å². The molecule has 2 saturated heterocycles. The number of nitrogens with zero attached hydrogens (tertiary/aromatic N) is 6. The first-order valence-corrected chi connectivity index (χ1v) is 14.8. The minimum absolute atomic E-state index is 0.127. The lowest BCUT2D eigenvalue weighted by atomic mass is 9.89. The molecule has 2 aliphatic rings. The van der Waals surface area contributed by atoms with Crippen molar-refractivity contribution in [1.29, 1.82) is 0 Å². The number of hydrogen-bond donors (Lipinski definition) is 2. The highest BCUT2D eigenvalue weighted by molar-refractivity contribution is 7.18. The third-order valence-electron chi connectivity index (χ3n) is 8.43. The molecule has 0 spiro atoms. The molecule has 12 heteroatoms. The Labute approximate surface area is 241 Å². The van der Waals surface area contributed by atoms with Crippen molar-refractivity contribution in [1.82, 2.24) is 29.5 Å². The van der Waals surface area contributed by atoms with Gasteiger partial charge in [0.2, 0.25) is 5.91 Å². The van der Waals surface area contributed by atoms with Crippen LogP contribution in [0.5, 0.6) is 0 Å². The van der Waals surface area contributed by atoms with Crippen molar-refractivity contribution in [3.63, 3.8) is 0 Å². The Morgan fingerprint density at radius 1 is 1.10 bits per heavy atom. The summed E-state index contributed by atoms with van der Waals surface area (Å²) in [5, 5.41) is 8.70. The highest BCUT2D eigenvalue weighted by Crippen LogP contribution is 2.38. The Morgan fingerprint density at radius 3 is 2.63 bits per heavy atom. The van der Waals surface area contributed by atoms with E-state index in [0.29, 0.717) is 34.9 Å². The number of aromatic nitrogens is 4. The Kier molecular flexibility index (Phi) is 7.10. The molecular formula is C29H34N8O3S. The predicted octanol–water partition coefficient (Wildman–Crippen LogP) is 3.82. The van der Waals surface area contributed by atoms with Crippen molar-refractivity contribution in [3.8, 4) is 0 Å². The van der Waals surface area contributed by atoms with Crippen molar-refractivity contribution >= 4 is 61.7 Å². The summed E-state index contributed by atoms with van der Waals surface area (Å²) in [5.74, 6) is -0.236. The van der Waals surface area contributed by atoms with Gasteiger partial charge in [0.25, 0.3) is 0 Å². The van der Waals surface area contributed by atoms with Gasteiger partial charge in [-0.3, -0.25) is 19.1 Å². The quantitative estimate of drug-likeness (QED) is 0.355. The van der Waals surface area contributed by atoms with Crippen LogP contribution in [-0.4, -0.2) is 66.9 Å². The summed E-state index contributed by atoms with van der Waals surface area (Å²) >= 11 is 1.71. The zero-order chi connectivity index (χ0) is 28.8. The number of carbonyl (C=O) groups excluding carboxylic acids is 3. The van der Waals surface area contributed by atoms with E-state index in [2.05, 4.69) is 40.5 Å². The van der Waals surface area contributed by atoms with Crippen LogP contribution in [0.3, 0.4) is 0 Å². The average Bonchev–Trinajstić information content (AvgIpc) is 3.58. The molecule has 4 aromatic rings. The van der Waals surface area contributed by atoms with Gasteiger partial charge in [0.15, 0.2) is 0 Å². The van der Waals surface area contributed by atoms with Crippen LogP contribution in [0.1, 0.15) is 62.1 Å². The number of rotatable bonds is 3. The summed E-state index contributed by atoms with van der Waals surface area (Å²) in [5.41, 5.74) is 8.89. The molecule has 0 aliphatic carbocycles. The van der Waals surface area contributed by atoms with Crippen LogP contribution in [0.25, 0.3) is 21.1 Å². The molecule has 2 unspecified atom stereocenters. The van der Waals surface area contributed by atoms with Gasteiger partial charge in [-0.25, -0.2) is 9.97 Å². The zero-order valence-electron chi connectivity index (χ0n) is 23.5. The number of likely N-dealkylation sites (tertiary alicyclic amines) is 2. The number of anilines is 2. The maximum Gasteiger partial charge on any atom is 0.313 e. The van der Waals surface area contributed by atoms with Crippen LogP contribution in [-0.2, 0) is 21.4 Å². The maximum absolute atomic E-state index is 13.6. The van der Waals surface area contributed by atoms with Crippen LogP contribution in [0.15, 0.2) is 30.6 Å². The number of benzene rings is 1. The molecule has 11 nitrogen and oxygen atoms in total. The fraction of sp³-hybridized carbons (Fsp3) is 0.448. The molecule has 0 radical (unpaired) electrons. The van der Waals surface area contributed by atoms with Crippen molar-refractivity contribution in [2.75, 3.05) is 30.7 Å². The van der Waals surface area contributed by atoms with Gasteiger partial charge in [0.1, 0.15) is 11.3 Å². The molecule has 5 heterocycles. The first kappa shape index (κ1) is 27.1. The van der Waals surface area contributed by atoms with Crippen molar-refractivity contribution in [2.45, 2.75) is 51.5 Å². The molecule has 214 valence electrons. The number of thiazole rings is 1. The third-order valence-corrected chi connectivity index (χ3v) is 9.63. The third kappa shape index (κ3) is 5.12. The fourth-order valence-corrected chi connectivity index (χ4v) is 7.23. The van der Waals surface area contributed by atoms with Crippen molar-refractivity contribution < 1.29 is 14.4 Å². The van der Waals surface area contributed by atoms with E-state index in [1.54, 1.807) is 41.1 Å². The number of amides is 3. The second-order valence-electron chi connectivity index (χ2n) is 11.3. The van der Waals surface area contributed by atoms with Gasteiger partial charge >= 0.3 is 11.8 Å². The zero-order valence-corrected chi connectivity index (χ0v) is 24.3. The summed E-state index contributed by atoms with van der Waals surface area (Å²) in [6.07, 6.45) is 6.62. The summed E-state index contributed by atoms with van der Waals surface area (Å²) in [4.78, 5) is 51.3. The normalized spacial score (nSPS) is 20.1. The van der Waals surface area contributed by atoms with Gasteiger partial charge in [0.05, 0.1) is 39.3 Å². The predicted molar refractivity (Wildman–Crippen MR) is 158 cm³/mol. The second-order valence-corrected chi connectivity index (χ2v) is 12.3. The molecule has 41 heavy (non-hydrogen) atoms. The molecule has 3 aromatic heterocycles. The van der Waals surface area contributed by atoms with Gasteiger partial charge in [-0.2, -0.15) is 5.10 Å². The largest absolute Gasteiger partial charge is 0.382 e. The fourth-order valence-electron chi connectivity index (χ4n) is 6.12. The Balaban J connectivity index is 1.22. The number of carbonyl (C=O) groups is 3. The summed E-state index contributed by atoms with van der Waals surface area (Å²) in [6.45, 7) is 5.75. The van der Waals surface area contributed by atoms with Gasteiger partial charge in [-0.1, -0.05) is 13.0 Å². The van der Waals surface area contributed by atoms with Crippen molar-refractivity contribution in [2.24, 2.45) is 13.0 Å². The number of piperidine rings is 2. The first-order chi connectivity index (χ1) is 19.7. The Bertz CT molecular complexity index is 1650. The van der Waals surface area contributed by atoms with E-state index >= 15 is 0 Å². The number of nitrogens with one attached hydrogen (secondary N) is 1. The SMILES string of the molecule is CC(=O)N1CCC(c2nc3cc(C4CCC(C)CN4C(=O)C(=O)Nc4cnc(N)c5c4cnn5C)ccc3s2)CC1. The van der Waals surface area contributed by atoms with Crippen LogP contribution in [0.4, 0.5) is 11.5 Å². The lowest BCUT2D eigenvalue weighted by Crippen LogP contribution is -2.46. The van der Waals surface area contributed by atoms with Crippen LogP contribution < -0.4 is 11.1 Å². The Hall–Kier alpha value is -4.06. The van der Waals surface area contributed by atoms with Gasteiger partial charge in [0, 0.05) is 44.9 Å². The van der Waals surface area contributed by atoms with Crippen molar-refractivity contribution in [3.05, 3.63) is 41.2 Å². The van der Waals surface area contributed by atoms with E-state index in [9.17, 15) is 14.4 Å². The van der Waals surface area contributed by atoms with E-state index in [1.165, 1.54) is 6.20 Å². The number of aryl methyl sites for hydroxylation is 1. The van der Waals surface area contributed by atoms with E-state index in [1.807, 2.05) is 4.90 Å². The molecule has 3 N–H and O–H groups in total. The number of hydrogen-bond acceptors (Lipinski definition) is 8. The summed E-state index contributed by atoms with van der Waals surface area (Å²) < 4.78 is 2.70. The second kappa shape index (κ2) is 10.7. The van der Waals surface area contributed by atoms with Crippen LogP contribution in [0, 0.1) is 5.92 Å². The molecule has 0 saturated carbocycles. The van der Waals surface area contributed by atoms with Gasteiger partial charge in [-0.05, 0) is 49.3 Å². The first-order valence-electron chi connectivity index (χ1n) is 14.0. The highest BCUT2D eigenvalue weighted by Gasteiger charge is 2.35. The number of nitrogens with two attached hydrogens (primary N) is 1. The smallest absolute Gasteiger partial charge is 0.313 e. The van der Waals surface area contributed by atoms with E-state index < -0.39 is 11.8 Å². The number of nitrogen functional groups attached to an aromatic ring is 1. The molecule has 2 fully saturated rings.